The van der Waals surface area contributed by atoms with E-state index in [0.717, 1.165) is 54.7 Å². The van der Waals surface area contributed by atoms with Crippen LogP contribution in [0.15, 0.2) is 12.1 Å². The molecular formula is C25H36ClN5O4. The summed E-state index contributed by atoms with van der Waals surface area (Å²) < 4.78 is 7.08. The lowest BCUT2D eigenvalue weighted by atomic mass is 9.88. The quantitative estimate of drug-likeness (QED) is 0.552. The molecule has 192 valence electrons. The van der Waals surface area contributed by atoms with Gasteiger partial charge in [-0.25, -0.2) is 4.79 Å². The van der Waals surface area contributed by atoms with Crippen molar-refractivity contribution in [2.75, 3.05) is 25.6 Å². The van der Waals surface area contributed by atoms with Gasteiger partial charge in [0.05, 0.1) is 19.2 Å². The number of nitrogens with one attached hydrogen (secondary N) is 1. The molecule has 1 saturated carbocycles. The van der Waals surface area contributed by atoms with Crippen LogP contribution in [-0.4, -0.2) is 64.6 Å². The number of anilines is 1. The number of rotatable bonds is 8. The minimum Gasteiger partial charge on any atom is -0.480 e. The van der Waals surface area contributed by atoms with Crippen molar-refractivity contribution >= 4 is 29.3 Å². The van der Waals surface area contributed by atoms with E-state index in [9.17, 15) is 14.7 Å². The molecule has 0 spiro atoms. The second-order valence-corrected chi connectivity index (χ2v) is 9.56. The Hall–Kier alpha value is -2.94. The van der Waals surface area contributed by atoms with Gasteiger partial charge in [-0.15, -0.1) is 5.10 Å². The third-order valence-electron chi connectivity index (χ3n) is 7.24. The average molecular weight is 506 g/mol. The Bertz CT molecular complexity index is 1080. The maximum Gasteiger partial charge on any atom is 0.407 e. The van der Waals surface area contributed by atoms with Crippen molar-refractivity contribution in [1.29, 1.82) is 0 Å². The lowest BCUT2D eigenvalue weighted by Crippen LogP contribution is -2.44. The topological polar surface area (TPSA) is 99.9 Å². The molecule has 0 bridgehead atoms. The van der Waals surface area contributed by atoms with Gasteiger partial charge in [-0.2, -0.15) is 0 Å². The van der Waals surface area contributed by atoms with Gasteiger partial charge in [0.1, 0.15) is 0 Å². The van der Waals surface area contributed by atoms with Gasteiger partial charge < -0.3 is 25.0 Å². The second kappa shape index (κ2) is 11.2. The van der Waals surface area contributed by atoms with E-state index in [1.54, 1.807) is 24.9 Å². The minimum atomic E-state index is -0.888. The van der Waals surface area contributed by atoms with Gasteiger partial charge in [-0.05, 0) is 64.2 Å². The second-order valence-electron chi connectivity index (χ2n) is 9.12. The van der Waals surface area contributed by atoms with Crippen LogP contribution in [-0.2, 0) is 13.6 Å². The first-order valence-corrected chi connectivity index (χ1v) is 12.3. The standard InChI is InChI=1S/C25H36ClN5O4/c1-7-31(19-10-8-18(9-11-19)29(4)25(33)34)22-13-17(26)12-20(15(22)2)23(32)27-14-21-16(3)30(5)28-24(21)35-6/h12-13,18-19H,7-11,14H2,1-6H3,(H,27,32)(H,33,34). The summed E-state index contributed by atoms with van der Waals surface area (Å²) in [6.45, 7) is 7.03. The number of aromatic nitrogens is 2. The molecule has 1 aromatic heterocycles. The highest BCUT2D eigenvalue weighted by atomic mass is 35.5. The lowest BCUT2D eigenvalue weighted by Gasteiger charge is -2.40. The van der Waals surface area contributed by atoms with Gasteiger partial charge >= 0.3 is 6.09 Å². The number of carbonyl (C=O) groups excluding carboxylic acids is 1. The third-order valence-corrected chi connectivity index (χ3v) is 7.45. The fraction of sp³-hybridized carbons (Fsp3) is 0.560. The monoisotopic (exact) mass is 505 g/mol. The molecule has 3 rings (SSSR count). The molecule has 35 heavy (non-hydrogen) atoms. The van der Waals surface area contributed by atoms with Crippen LogP contribution in [0.5, 0.6) is 5.88 Å². The maximum atomic E-state index is 13.2. The number of aryl methyl sites for hydroxylation is 1. The van der Waals surface area contributed by atoms with Crippen molar-refractivity contribution in [1.82, 2.24) is 20.0 Å². The number of nitrogens with zero attached hydrogens (tertiary/aromatic N) is 4. The Balaban J connectivity index is 1.79. The van der Waals surface area contributed by atoms with Crippen molar-refractivity contribution in [3.8, 4) is 5.88 Å². The normalized spacial score (nSPS) is 17.7. The predicted octanol–water partition coefficient (Wildman–Crippen LogP) is 4.38. The summed E-state index contributed by atoms with van der Waals surface area (Å²) in [5, 5.41) is 17.1. The SMILES string of the molecule is CCN(c1cc(Cl)cc(C(=O)NCc2c(OC)nn(C)c2C)c1C)C1CCC(N(C)C(=O)O)CC1. The van der Waals surface area contributed by atoms with Crippen LogP contribution in [0.1, 0.15) is 59.8 Å². The Labute approximate surface area is 212 Å². The van der Waals surface area contributed by atoms with Crippen LogP contribution in [0.25, 0.3) is 0 Å². The largest absolute Gasteiger partial charge is 0.480 e. The van der Waals surface area contributed by atoms with Crippen LogP contribution in [0, 0.1) is 13.8 Å². The number of halogens is 1. The van der Waals surface area contributed by atoms with Crippen LogP contribution >= 0.6 is 11.6 Å². The highest BCUT2D eigenvalue weighted by Gasteiger charge is 2.30. The van der Waals surface area contributed by atoms with E-state index in [4.69, 9.17) is 16.3 Å². The van der Waals surface area contributed by atoms with E-state index < -0.39 is 6.09 Å². The summed E-state index contributed by atoms with van der Waals surface area (Å²) in [7, 11) is 5.04. The molecule has 0 saturated heterocycles. The Kier molecular flexibility index (Phi) is 8.53. The summed E-state index contributed by atoms with van der Waals surface area (Å²) in [6, 6.07) is 3.92. The summed E-state index contributed by atoms with van der Waals surface area (Å²) in [5.41, 5.74) is 4.10. The number of hydrogen-bond acceptors (Lipinski definition) is 5. The number of hydrogen-bond donors (Lipinski definition) is 2. The number of carboxylic acid groups (broad SMARTS) is 1. The van der Waals surface area contributed by atoms with E-state index in [0.29, 0.717) is 23.0 Å². The van der Waals surface area contributed by atoms with Gasteiger partial charge in [-0.1, -0.05) is 11.6 Å². The molecule has 2 N–H and O–H groups in total. The molecule has 0 radical (unpaired) electrons. The van der Waals surface area contributed by atoms with Gasteiger partial charge in [0.2, 0.25) is 5.88 Å². The van der Waals surface area contributed by atoms with E-state index in [1.165, 1.54) is 4.90 Å². The molecule has 0 atom stereocenters. The predicted molar refractivity (Wildman–Crippen MR) is 137 cm³/mol. The van der Waals surface area contributed by atoms with E-state index in [-0.39, 0.29) is 18.0 Å². The molecule has 0 aliphatic heterocycles. The molecular weight excluding hydrogens is 470 g/mol. The number of amides is 2. The van der Waals surface area contributed by atoms with E-state index in [2.05, 4.69) is 22.2 Å². The first-order valence-electron chi connectivity index (χ1n) is 12.0. The molecule has 9 nitrogen and oxygen atoms in total. The summed E-state index contributed by atoms with van der Waals surface area (Å²) in [5.74, 6) is 0.287. The van der Waals surface area contributed by atoms with Crippen LogP contribution in [0.2, 0.25) is 5.02 Å². The highest BCUT2D eigenvalue weighted by Crippen LogP contribution is 2.34. The fourth-order valence-electron chi connectivity index (χ4n) is 4.99. The first kappa shape index (κ1) is 26.7. The van der Waals surface area contributed by atoms with Gasteiger partial charge in [-0.3, -0.25) is 9.48 Å². The zero-order valence-electron chi connectivity index (χ0n) is 21.4. The van der Waals surface area contributed by atoms with Gasteiger partial charge in [0, 0.05) is 54.7 Å². The van der Waals surface area contributed by atoms with E-state index in [1.807, 2.05) is 27.0 Å². The van der Waals surface area contributed by atoms with Crippen LogP contribution in [0.4, 0.5) is 10.5 Å². The van der Waals surface area contributed by atoms with Gasteiger partial charge in [0.15, 0.2) is 0 Å². The molecule has 1 aliphatic carbocycles. The Morgan fingerprint density at radius 3 is 2.43 bits per heavy atom. The van der Waals surface area contributed by atoms with Crippen LogP contribution < -0.4 is 15.0 Å². The lowest BCUT2D eigenvalue weighted by molar-refractivity contribution is 0.0950. The third kappa shape index (κ3) is 5.66. The van der Waals surface area contributed by atoms with Crippen molar-refractivity contribution < 1.29 is 19.4 Å². The minimum absolute atomic E-state index is 0.0391. The highest BCUT2D eigenvalue weighted by molar-refractivity contribution is 6.31. The van der Waals surface area contributed by atoms with Crippen molar-refractivity contribution in [2.45, 2.75) is 65.1 Å². The summed E-state index contributed by atoms with van der Waals surface area (Å²) in [6.07, 6.45) is 2.49. The maximum absolute atomic E-state index is 13.2. The first-order chi connectivity index (χ1) is 16.6. The van der Waals surface area contributed by atoms with Crippen molar-refractivity contribution in [3.63, 3.8) is 0 Å². The average Bonchev–Trinajstić information content (AvgIpc) is 3.12. The number of carbonyl (C=O) groups is 2. The number of benzene rings is 1. The molecule has 1 aliphatic rings. The number of ether oxygens (including phenoxy) is 1. The molecule has 1 aromatic carbocycles. The molecule has 1 fully saturated rings. The van der Waals surface area contributed by atoms with Crippen molar-refractivity contribution in [2.24, 2.45) is 7.05 Å². The molecule has 10 heteroatoms. The summed E-state index contributed by atoms with van der Waals surface area (Å²) >= 11 is 6.49. The zero-order chi connectivity index (χ0) is 25.9. The van der Waals surface area contributed by atoms with Crippen LogP contribution in [0.3, 0.4) is 0 Å². The zero-order valence-corrected chi connectivity index (χ0v) is 22.1. The molecule has 2 aromatic rings. The van der Waals surface area contributed by atoms with Crippen molar-refractivity contribution in [3.05, 3.63) is 39.5 Å². The molecule has 0 unspecified atom stereocenters. The molecule has 2 amide bonds. The Morgan fingerprint density at radius 1 is 1.23 bits per heavy atom. The number of methoxy groups -OCH3 is 1. The smallest absolute Gasteiger partial charge is 0.407 e. The molecule has 1 heterocycles. The fourth-order valence-corrected chi connectivity index (χ4v) is 5.20. The van der Waals surface area contributed by atoms with Gasteiger partial charge in [0.25, 0.3) is 5.91 Å². The van der Waals surface area contributed by atoms with E-state index >= 15 is 0 Å². The Morgan fingerprint density at radius 2 is 1.86 bits per heavy atom. The summed E-state index contributed by atoms with van der Waals surface area (Å²) in [4.78, 5) is 28.2.